The highest BCUT2D eigenvalue weighted by Crippen LogP contribution is 2.22. The molecule has 3 N–H and O–H groups in total. The van der Waals surface area contributed by atoms with Gasteiger partial charge in [-0.1, -0.05) is 12.1 Å². The summed E-state index contributed by atoms with van der Waals surface area (Å²) in [5.41, 5.74) is 0.283. The van der Waals surface area contributed by atoms with Gasteiger partial charge in [0.15, 0.2) is 11.6 Å². The summed E-state index contributed by atoms with van der Waals surface area (Å²) in [6.07, 6.45) is 1.25. The quantitative estimate of drug-likeness (QED) is 0.681. The molecule has 4 nitrogen and oxygen atoms in total. The van der Waals surface area contributed by atoms with Crippen LogP contribution < -0.4 is 0 Å². The van der Waals surface area contributed by atoms with Gasteiger partial charge in [0.05, 0.1) is 6.10 Å². The van der Waals surface area contributed by atoms with E-state index in [4.69, 9.17) is 10.2 Å². The Hall–Kier alpha value is -1.88. The van der Waals surface area contributed by atoms with E-state index in [1.807, 2.05) is 0 Å². The Morgan fingerprint density at radius 2 is 2.19 bits per heavy atom. The number of phenols is 1. The highest BCUT2D eigenvalue weighted by molar-refractivity contribution is 5.79. The molecule has 1 atom stereocenters. The molecule has 86 valence electrons. The van der Waals surface area contributed by atoms with Crippen LogP contribution in [-0.4, -0.2) is 21.3 Å². The predicted octanol–water partition coefficient (Wildman–Crippen LogP) is 1.60. The highest BCUT2D eigenvalue weighted by Gasteiger charge is 2.08. The number of benzene rings is 1. The van der Waals surface area contributed by atoms with Crippen LogP contribution in [0.4, 0.5) is 4.39 Å². The highest BCUT2D eigenvalue weighted by atomic mass is 19.1. The van der Waals surface area contributed by atoms with E-state index >= 15 is 0 Å². The Labute approximate surface area is 91.3 Å². The number of carboxylic acid groups (broad SMARTS) is 1. The normalized spacial score (nSPS) is 12.9. The predicted molar refractivity (Wildman–Crippen MR) is 54.4 cm³/mol. The van der Waals surface area contributed by atoms with E-state index in [0.29, 0.717) is 0 Å². The van der Waals surface area contributed by atoms with Crippen LogP contribution in [0.25, 0.3) is 0 Å². The van der Waals surface area contributed by atoms with Gasteiger partial charge in [-0.2, -0.15) is 0 Å². The van der Waals surface area contributed by atoms with Crippen LogP contribution in [0, 0.1) is 5.82 Å². The molecule has 0 unspecified atom stereocenters. The maximum atomic E-state index is 12.9. The van der Waals surface area contributed by atoms with E-state index in [9.17, 15) is 14.3 Å². The van der Waals surface area contributed by atoms with Crippen molar-refractivity contribution in [2.45, 2.75) is 12.5 Å². The number of carbonyl (C=O) groups is 1. The molecule has 1 rings (SSSR count). The number of phenolic OH excluding ortho intramolecular Hbond substituents is 1. The van der Waals surface area contributed by atoms with Crippen LogP contribution in [0.15, 0.2) is 30.4 Å². The zero-order valence-corrected chi connectivity index (χ0v) is 8.30. The van der Waals surface area contributed by atoms with E-state index in [-0.39, 0.29) is 12.0 Å². The van der Waals surface area contributed by atoms with Crippen molar-refractivity contribution in [1.29, 1.82) is 0 Å². The Morgan fingerprint density at radius 3 is 2.75 bits per heavy atom. The topological polar surface area (TPSA) is 77.8 Å². The minimum absolute atomic E-state index is 0.0660. The molecule has 0 radical (unpaired) electrons. The lowest BCUT2D eigenvalue weighted by Crippen LogP contribution is -1.97. The molecule has 0 aliphatic rings. The summed E-state index contributed by atoms with van der Waals surface area (Å²) in [5.74, 6) is -2.42. The Kier molecular flexibility index (Phi) is 4.02. The van der Waals surface area contributed by atoms with Gasteiger partial charge >= 0.3 is 5.97 Å². The molecule has 0 saturated carbocycles. The lowest BCUT2D eigenvalue weighted by Gasteiger charge is -2.08. The van der Waals surface area contributed by atoms with Crippen LogP contribution in [0.2, 0.25) is 0 Å². The average molecular weight is 226 g/mol. The van der Waals surface area contributed by atoms with E-state index < -0.39 is 23.6 Å². The SMILES string of the molecule is O=C(O)/C=C/C[C@@H](O)c1ccc(O)c(F)c1. The molecule has 0 aliphatic heterocycles. The summed E-state index contributed by atoms with van der Waals surface area (Å²) < 4.78 is 12.9. The van der Waals surface area contributed by atoms with Gasteiger partial charge in [0.1, 0.15) is 0 Å². The first-order chi connectivity index (χ1) is 7.50. The molecule has 1 aromatic rings. The minimum Gasteiger partial charge on any atom is -0.505 e. The van der Waals surface area contributed by atoms with Crippen LogP contribution in [0.3, 0.4) is 0 Å². The van der Waals surface area contributed by atoms with Crippen molar-refractivity contribution in [3.63, 3.8) is 0 Å². The lowest BCUT2D eigenvalue weighted by atomic mass is 10.1. The fourth-order valence-electron chi connectivity index (χ4n) is 1.16. The second-order valence-corrected chi connectivity index (χ2v) is 3.20. The monoisotopic (exact) mass is 226 g/mol. The molecule has 0 bridgehead atoms. The number of aliphatic carboxylic acids is 1. The number of hydrogen-bond acceptors (Lipinski definition) is 3. The zero-order valence-electron chi connectivity index (χ0n) is 8.30. The van der Waals surface area contributed by atoms with Gasteiger partial charge in [-0.3, -0.25) is 0 Å². The van der Waals surface area contributed by atoms with Crippen molar-refractivity contribution in [1.82, 2.24) is 0 Å². The molecule has 0 saturated heterocycles. The number of carboxylic acids is 1. The Bertz CT molecular complexity index is 414. The average Bonchev–Trinajstić information content (AvgIpc) is 2.21. The van der Waals surface area contributed by atoms with Crippen LogP contribution in [-0.2, 0) is 4.79 Å². The minimum atomic E-state index is -1.11. The third-order valence-corrected chi connectivity index (χ3v) is 1.98. The second kappa shape index (κ2) is 5.27. The first-order valence-electron chi connectivity index (χ1n) is 4.56. The molecular weight excluding hydrogens is 215 g/mol. The number of aliphatic hydroxyl groups is 1. The molecule has 0 aromatic heterocycles. The molecule has 16 heavy (non-hydrogen) atoms. The van der Waals surface area contributed by atoms with Gasteiger partial charge in [0, 0.05) is 6.08 Å². The van der Waals surface area contributed by atoms with Gasteiger partial charge < -0.3 is 15.3 Å². The first kappa shape index (κ1) is 12.2. The van der Waals surface area contributed by atoms with Crippen LogP contribution in [0.1, 0.15) is 18.1 Å². The van der Waals surface area contributed by atoms with Crippen molar-refractivity contribution >= 4 is 5.97 Å². The Morgan fingerprint density at radius 1 is 1.50 bits per heavy atom. The van der Waals surface area contributed by atoms with Crippen molar-refractivity contribution in [3.8, 4) is 5.75 Å². The van der Waals surface area contributed by atoms with Crippen LogP contribution in [0.5, 0.6) is 5.75 Å². The van der Waals surface area contributed by atoms with Crippen molar-refractivity contribution < 1.29 is 24.5 Å². The van der Waals surface area contributed by atoms with Gasteiger partial charge in [-0.15, -0.1) is 0 Å². The summed E-state index contributed by atoms with van der Waals surface area (Å²) in [4.78, 5) is 10.2. The number of aromatic hydroxyl groups is 1. The first-order valence-corrected chi connectivity index (χ1v) is 4.56. The summed E-state index contributed by atoms with van der Waals surface area (Å²) in [5, 5.41) is 26.8. The number of halogens is 1. The fraction of sp³-hybridized carbons (Fsp3) is 0.182. The van der Waals surface area contributed by atoms with E-state index in [0.717, 1.165) is 18.2 Å². The Balaban J connectivity index is 2.69. The van der Waals surface area contributed by atoms with Gasteiger partial charge in [-0.05, 0) is 24.1 Å². The number of aliphatic hydroxyl groups excluding tert-OH is 1. The third kappa shape index (κ3) is 3.36. The van der Waals surface area contributed by atoms with Crippen molar-refractivity contribution in [2.75, 3.05) is 0 Å². The summed E-state index contributed by atoms with van der Waals surface area (Å²) >= 11 is 0. The lowest BCUT2D eigenvalue weighted by molar-refractivity contribution is -0.131. The standard InChI is InChI=1S/C11H11FO4/c12-8-6-7(4-5-10(8)14)9(13)2-1-3-11(15)16/h1,3-6,9,13-14H,2H2,(H,15,16)/b3-1+/t9-/m1/s1. The van der Waals surface area contributed by atoms with Gasteiger partial charge in [0.25, 0.3) is 0 Å². The van der Waals surface area contributed by atoms with Crippen LogP contribution >= 0.6 is 0 Å². The van der Waals surface area contributed by atoms with E-state index in [1.54, 1.807) is 0 Å². The van der Waals surface area contributed by atoms with Crippen molar-refractivity contribution in [2.24, 2.45) is 0 Å². The molecule has 0 spiro atoms. The summed E-state index contributed by atoms with van der Waals surface area (Å²) in [6, 6.07) is 3.51. The molecule has 5 heteroatoms. The zero-order chi connectivity index (χ0) is 12.1. The molecule has 0 aliphatic carbocycles. The van der Waals surface area contributed by atoms with E-state index in [2.05, 4.69) is 0 Å². The molecule has 0 fully saturated rings. The van der Waals surface area contributed by atoms with Gasteiger partial charge in [-0.25, -0.2) is 9.18 Å². The maximum absolute atomic E-state index is 12.9. The number of hydrogen-bond donors (Lipinski definition) is 3. The molecule has 0 amide bonds. The third-order valence-electron chi connectivity index (χ3n) is 1.98. The molecule has 0 heterocycles. The summed E-state index contributed by atoms with van der Waals surface area (Å²) in [6.45, 7) is 0. The fourth-order valence-corrected chi connectivity index (χ4v) is 1.16. The maximum Gasteiger partial charge on any atom is 0.327 e. The van der Waals surface area contributed by atoms with Crippen molar-refractivity contribution in [3.05, 3.63) is 41.7 Å². The summed E-state index contributed by atoms with van der Waals surface area (Å²) in [7, 11) is 0. The molecule has 1 aromatic carbocycles. The largest absolute Gasteiger partial charge is 0.505 e. The number of rotatable bonds is 4. The smallest absolute Gasteiger partial charge is 0.327 e. The second-order valence-electron chi connectivity index (χ2n) is 3.20. The molecular formula is C11H11FO4. The van der Waals surface area contributed by atoms with Gasteiger partial charge in [0.2, 0.25) is 0 Å². The van der Waals surface area contributed by atoms with E-state index in [1.165, 1.54) is 12.1 Å².